The predicted octanol–water partition coefficient (Wildman–Crippen LogP) is 3.52. The van der Waals surface area contributed by atoms with Crippen molar-refractivity contribution in [1.82, 2.24) is 10.2 Å². The topological polar surface area (TPSA) is 81.9 Å². The first-order valence-corrected chi connectivity index (χ1v) is 9.11. The molecule has 134 valence electrons. The first-order valence-electron chi connectivity index (χ1n) is 9.11. The van der Waals surface area contributed by atoms with Gasteiger partial charge in [-0.2, -0.15) is 10.4 Å². The molecule has 3 rings (SSSR count). The molecule has 1 aliphatic rings. The maximum atomic E-state index is 12.0. The van der Waals surface area contributed by atoms with Gasteiger partial charge in [0.2, 0.25) is 5.91 Å². The lowest BCUT2D eigenvalue weighted by molar-refractivity contribution is -0.118. The second kappa shape index (κ2) is 7.52. The van der Waals surface area contributed by atoms with Gasteiger partial charge in [0.05, 0.1) is 5.69 Å². The number of nitrogens with zero attached hydrogens (tertiary/aromatic N) is 4. The van der Waals surface area contributed by atoms with Crippen LogP contribution in [0.25, 0.3) is 0 Å². The van der Waals surface area contributed by atoms with E-state index in [1.807, 2.05) is 43.9 Å². The fraction of sp³-hybridized carbons (Fsp3) is 0.400. The van der Waals surface area contributed by atoms with E-state index in [0.717, 1.165) is 47.5 Å². The summed E-state index contributed by atoms with van der Waals surface area (Å²) >= 11 is 0. The van der Waals surface area contributed by atoms with Crippen LogP contribution in [0.3, 0.4) is 0 Å². The second-order valence-corrected chi connectivity index (χ2v) is 6.27. The van der Waals surface area contributed by atoms with Crippen molar-refractivity contribution in [3.05, 3.63) is 40.6 Å². The molecule has 0 bridgehead atoms. The number of rotatable bonds is 5. The Morgan fingerprint density at radius 3 is 2.65 bits per heavy atom. The van der Waals surface area contributed by atoms with Gasteiger partial charge in [-0.15, -0.1) is 5.10 Å². The molecule has 0 atom stereocenters. The zero-order valence-electron chi connectivity index (χ0n) is 15.5. The van der Waals surface area contributed by atoms with Crippen LogP contribution in [-0.2, 0) is 24.1 Å². The molecular weight excluding hydrogens is 326 g/mol. The molecule has 2 heterocycles. The van der Waals surface area contributed by atoms with Gasteiger partial charge in [-0.25, -0.2) is 0 Å². The quantitative estimate of drug-likeness (QED) is 0.893. The largest absolute Gasteiger partial charge is 0.338 e. The molecule has 0 unspecified atom stereocenters. The van der Waals surface area contributed by atoms with Crippen molar-refractivity contribution < 1.29 is 4.79 Å². The summed E-state index contributed by atoms with van der Waals surface area (Å²) in [5.74, 6) is 0.654. The molecule has 1 aromatic heterocycles. The Balaban J connectivity index is 1.96. The first-order chi connectivity index (χ1) is 12.6. The average molecular weight is 349 g/mol. The number of nitrogens with one attached hydrogen (secondary N) is 1. The summed E-state index contributed by atoms with van der Waals surface area (Å²) in [5, 5.41) is 21.4. The zero-order chi connectivity index (χ0) is 18.7. The standard InChI is InChI=1S/C20H23N5O/c1-4-15-16(12-21)20(24-23-17(15)5-2)22-14-8-9-18-13(11-14)7-10-19(26)25(18)6-3/h8-9,11H,4-7,10H2,1-3H3,(H,22,24). The summed E-state index contributed by atoms with van der Waals surface area (Å²) in [5.41, 5.74) is 5.33. The lowest BCUT2D eigenvalue weighted by Crippen LogP contribution is -2.34. The van der Waals surface area contributed by atoms with Crippen molar-refractivity contribution in [2.45, 2.75) is 46.5 Å². The minimum atomic E-state index is 0.168. The highest BCUT2D eigenvalue weighted by Crippen LogP contribution is 2.31. The van der Waals surface area contributed by atoms with E-state index in [1.165, 1.54) is 0 Å². The van der Waals surface area contributed by atoms with Crippen LogP contribution < -0.4 is 10.2 Å². The van der Waals surface area contributed by atoms with E-state index >= 15 is 0 Å². The summed E-state index contributed by atoms with van der Waals surface area (Å²) in [6.45, 7) is 6.69. The monoisotopic (exact) mass is 349 g/mol. The minimum absolute atomic E-state index is 0.168. The molecule has 0 radical (unpaired) electrons. The lowest BCUT2D eigenvalue weighted by atomic mass is 10.00. The number of hydrogen-bond donors (Lipinski definition) is 1. The number of carbonyl (C=O) groups excluding carboxylic acids is 1. The fourth-order valence-corrected chi connectivity index (χ4v) is 3.50. The van der Waals surface area contributed by atoms with Crippen molar-refractivity contribution >= 4 is 23.1 Å². The van der Waals surface area contributed by atoms with E-state index in [-0.39, 0.29) is 5.91 Å². The molecule has 1 aromatic carbocycles. The summed E-state index contributed by atoms with van der Waals surface area (Å²) in [4.78, 5) is 13.8. The molecule has 0 spiro atoms. The smallest absolute Gasteiger partial charge is 0.227 e. The molecule has 6 heteroatoms. The van der Waals surface area contributed by atoms with Crippen LogP contribution in [0.1, 0.15) is 49.6 Å². The number of fused-ring (bicyclic) bond motifs is 1. The number of aryl methyl sites for hydroxylation is 2. The van der Waals surface area contributed by atoms with E-state index in [4.69, 9.17) is 0 Å². The van der Waals surface area contributed by atoms with E-state index < -0.39 is 0 Å². The van der Waals surface area contributed by atoms with Crippen molar-refractivity contribution in [2.24, 2.45) is 0 Å². The molecule has 1 N–H and O–H groups in total. The van der Waals surface area contributed by atoms with Crippen molar-refractivity contribution in [3.63, 3.8) is 0 Å². The number of anilines is 3. The Morgan fingerprint density at radius 2 is 2.00 bits per heavy atom. The van der Waals surface area contributed by atoms with Gasteiger partial charge < -0.3 is 10.2 Å². The third kappa shape index (κ3) is 3.13. The molecule has 1 amide bonds. The Hall–Kier alpha value is -2.94. The summed E-state index contributed by atoms with van der Waals surface area (Å²) < 4.78 is 0. The van der Waals surface area contributed by atoms with Crippen LogP contribution in [0.15, 0.2) is 18.2 Å². The number of hydrogen-bond acceptors (Lipinski definition) is 5. The summed E-state index contributed by atoms with van der Waals surface area (Å²) in [7, 11) is 0. The minimum Gasteiger partial charge on any atom is -0.338 e. The molecule has 1 aliphatic heterocycles. The van der Waals surface area contributed by atoms with Crippen LogP contribution in [0.4, 0.5) is 17.2 Å². The average Bonchev–Trinajstić information content (AvgIpc) is 2.67. The van der Waals surface area contributed by atoms with Crippen LogP contribution in [-0.4, -0.2) is 22.6 Å². The van der Waals surface area contributed by atoms with Crippen LogP contribution in [0.2, 0.25) is 0 Å². The number of amides is 1. The maximum absolute atomic E-state index is 12.0. The van der Waals surface area contributed by atoms with Gasteiger partial charge >= 0.3 is 0 Å². The van der Waals surface area contributed by atoms with Gasteiger partial charge in [-0.1, -0.05) is 13.8 Å². The molecule has 0 saturated carbocycles. The van der Waals surface area contributed by atoms with Crippen LogP contribution in [0, 0.1) is 11.3 Å². The van der Waals surface area contributed by atoms with Crippen molar-refractivity contribution in [3.8, 4) is 6.07 Å². The number of nitriles is 1. The van der Waals surface area contributed by atoms with Crippen molar-refractivity contribution in [2.75, 3.05) is 16.8 Å². The van der Waals surface area contributed by atoms with Gasteiger partial charge in [-0.3, -0.25) is 4.79 Å². The van der Waals surface area contributed by atoms with Gasteiger partial charge in [0.25, 0.3) is 0 Å². The van der Waals surface area contributed by atoms with Gasteiger partial charge in [0, 0.05) is 24.3 Å². The maximum Gasteiger partial charge on any atom is 0.227 e. The van der Waals surface area contributed by atoms with E-state index in [9.17, 15) is 10.1 Å². The highest BCUT2D eigenvalue weighted by Gasteiger charge is 2.23. The molecular formula is C20H23N5O. The molecule has 0 saturated heterocycles. The third-order valence-corrected chi connectivity index (χ3v) is 4.82. The Morgan fingerprint density at radius 1 is 1.19 bits per heavy atom. The fourth-order valence-electron chi connectivity index (χ4n) is 3.50. The van der Waals surface area contributed by atoms with Crippen LogP contribution in [0.5, 0.6) is 0 Å². The number of carbonyl (C=O) groups is 1. The SMILES string of the molecule is CCc1nnc(Nc2ccc3c(c2)CCC(=O)N3CC)c(C#N)c1CC. The van der Waals surface area contributed by atoms with E-state index in [0.29, 0.717) is 24.3 Å². The molecule has 6 nitrogen and oxygen atoms in total. The van der Waals surface area contributed by atoms with Crippen molar-refractivity contribution in [1.29, 1.82) is 5.26 Å². The molecule has 0 aliphatic carbocycles. The molecule has 2 aromatic rings. The summed E-state index contributed by atoms with van der Waals surface area (Å²) in [6.07, 6.45) is 2.75. The number of benzene rings is 1. The van der Waals surface area contributed by atoms with E-state index in [2.05, 4.69) is 21.6 Å². The lowest BCUT2D eigenvalue weighted by Gasteiger charge is -2.28. The molecule has 0 fully saturated rings. The predicted molar refractivity (Wildman–Crippen MR) is 102 cm³/mol. The Labute approximate surface area is 153 Å². The Bertz CT molecular complexity index is 885. The third-order valence-electron chi connectivity index (χ3n) is 4.82. The van der Waals surface area contributed by atoms with E-state index in [1.54, 1.807) is 0 Å². The van der Waals surface area contributed by atoms with Gasteiger partial charge in [0.1, 0.15) is 11.6 Å². The molecule has 26 heavy (non-hydrogen) atoms. The van der Waals surface area contributed by atoms with Gasteiger partial charge in [-0.05, 0) is 55.5 Å². The zero-order valence-corrected chi connectivity index (χ0v) is 15.5. The number of aromatic nitrogens is 2. The highest BCUT2D eigenvalue weighted by atomic mass is 16.2. The first kappa shape index (κ1) is 17.9. The van der Waals surface area contributed by atoms with Gasteiger partial charge in [0.15, 0.2) is 5.82 Å². The normalized spacial score (nSPS) is 13.3. The Kier molecular flexibility index (Phi) is 5.17. The second-order valence-electron chi connectivity index (χ2n) is 6.27. The summed E-state index contributed by atoms with van der Waals surface area (Å²) in [6, 6.07) is 8.19. The highest BCUT2D eigenvalue weighted by molar-refractivity contribution is 5.96. The van der Waals surface area contributed by atoms with Crippen LogP contribution >= 0.6 is 0 Å².